The summed E-state index contributed by atoms with van der Waals surface area (Å²) in [4.78, 5) is 17.1. The summed E-state index contributed by atoms with van der Waals surface area (Å²) < 4.78 is 0. The van der Waals surface area contributed by atoms with Crippen LogP contribution in [-0.4, -0.2) is 11.1 Å². The Hall–Kier alpha value is -2.33. The third-order valence-electron chi connectivity index (χ3n) is 3.32. The van der Waals surface area contributed by atoms with Crippen molar-refractivity contribution >= 4 is 34.6 Å². The van der Waals surface area contributed by atoms with E-state index in [-0.39, 0.29) is 5.91 Å². The monoisotopic (exact) mass is 308 g/mol. The summed E-state index contributed by atoms with van der Waals surface area (Å²) in [6.07, 6.45) is 2.91. The molecule has 1 saturated heterocycles. The summed E-state index contributed by atoms with van der Waals surface area (Å²) in [5, 5.41) is 3.42. The molecule has 0 aliphatic carbocycles. The number of rotatable bonds is 3. The van der Waals surface area contributed by atoms with Crippen molar-refractivity contribution in [3.63, 3.8) is 0 Å². The molecule has 1 aliphatic rings. The maximum absolute atomic E-state index is 12.0. The number of hydrogen-bond donors (Lipinski definition) is 1. The molecule has 2 aromatic rings. The fourth-order valence-electron chi connectivity index (χ4n) is 2.10. The third-order valence-corrected chi connectivity index (χ3v) is 4.23. The number of carbonyl (C=O) groups is 1. The number of nitrogens with one attached hydrogen (secondary N) is 1. The average molecular weight is 308 g/mol. The van der Waals surface area contributed by atoms with Crippen molar-refractivity contribution < 1.29 is 4.79 Å². The lowest BCUT2D eigenvalue weighted by atomic mass is 10.1. The minimum absolute atomic E-state index is 0.0979. The quantitative estimate of drug-likeness (QED) is 0.866. The van der Waals surface area contributed by atoms with Gasteiger partial charge in [0.15, 0.2) is 5.17 Å². The van der Waals surface area contributed by atoms with Crippen LogP contribution in [0, 0.1) is 0 Å². The Balaban J connectivity index is 1.79. The summed E-state index contributed by atoms with van der Waals surface area (Å²) >= 11 is 1.37. The first-order chi connectivity index (χ1) is 10.7. The number of amides is 1. The smallest absolute Gasteiger partial charge is 0.264 e. The van der Waals surface area contributed by atoms with Gasteiger partial charge < -0.3 is 5.32 Å². The summed E-state index contributed by atoms with van der Waals surface area (Å²) in [5.41, 5.74) is 3.15. The molecule has 1 fully saturated rings. The van der Waals surface area contributed by atoms with Gasteiger partial charge in [0.25, 0.3) is 5.91 Å². The topological polar surface area (TPSA) is 41.5 Å². The van der Waals surface area contributed by atoms with Gasteiger partial charge in [-0.2, -0.15) is 0 Å². The van der Waals surface area contributed by atoms with Gasteiger partial charge in [-0.15, -0.1) is 0 Å². The highest BCUT2D eigenvalue weighted by Gasteiger charge is 2.23. The molecule has 1 N–H and O–H groups in total. The van der Waals surface area contributed by atoms with E-state index in [2.05, 4.69) is 29.4 Å². The lowest BCUT2D eigenvalue weighted by Crippen LogP contribution is -2.19. The maximum Gasteiger partial charge on any atom is 0.264 e. The molecule has 1 heterocycles. The average Bonchev–Trinajstić information content (AvgIpc) is 2.88. The van der Waals surface area contributed by atoms with Gasteiger partial charge in [-0.25, -0.2) is 4.99 Å². The second-order valence-electron chi connectivity index (χ2n) is 4.91. The fraction of sp³-hybridized carbons (Fsp3) is 0.111. The summed E-state index contributed by atoms with van der Waals surface area (Å²) in [6.45, 7) is 2.13. The van der Waals surface area contributed by atoms with Crippen molar-refractivity contribution in [1.82, 2.24) is 5.32 Å². The van der Waals surface area contributed by atoms with Gasteiger partial charge in [-0.05, 0) is 47.5 Å². The SMILES string of the molecule is CCc1ccc(C=C2SC(=Nc3ccccc3)NC2=O)cc1. The van der Waals surface area contributed by atoms with E-state index in [0.29, 0.717) is 10.1 Å². The van der Waals surface area contributed by atoms with E-state index in [1.165, 1.54) is 17.3 Å². The minimum atomic E-state index is -0.0979. The molecule has 1 aliphatic heterocycles. The van der Waals surface area contributed by atoms with Crippen molar-refractivity contribution in [2.75, 3.05) is 0 Å². The molecular formula is C18H16N2OS. The van der Waals surface area contributed by atoms with Gasteiger partial charge >= 0.3 is 0 Å². The van der Waals surface area contributed by atoms with Crippen LogP contribution < -0.4 is 5.32 Å². The molecular weight excluding hydrogens is 292 g/mol. The molecule has 0 radical (unpaired) electrons. The van der Waals surface area contributed by atoms with Crippen molar-refractivity contribution in [2.45, 2.75) is 13.3 Å². The standard InChI is InChI=1S/C18H16N2OS/c1-2-13-8-10-14(11-9-13)12-16-17(21)20-18(22-16)19-15-6-4-3-5-7-15/h3-12H,2H2,1H3,(H,19,20,21). The molecule has 0 unspecified atom stereocenters. The van der Waals surface area contributed by atoms with E-state index in [4.69, 9.17) is 0 Å². The number of carbonyl (C=O) groups excluding carboxylic acids is 1. The maximum atomic E-state index is 12.0. The Morgan fingerprint density at radius 1 is 1.09 bits per heavy atom. The molecule has 22 heavy (non-hydrogen) atoms. The molecule has 0 bridgehead atoms. The number of nitrogens with zero attached hydrogens (tertiary/aromatic N) is 1. The van der Waals surface area contributed by atoms with Crippen LogP contribution in [0.25, 0.3) is 6.08 Å². The highest BCUT2D eigenvalue weighted by molar-refractivity contribution is 8.18. The second kappa shape index (κ2) is 6.62. The number of aliphatic imine (C=N–C) groups is 1. The van der Waals surface area contributed by atoms with Crippen LogP contribution in [0.3, 0.4) is 0 Å². The van der Waals surface area contributed by atoms with Crippen LogP contribution in [0.1, 0.15) is 18.1 Å². The first-order valence-corrected chi connectivity index (χ1v) is 8.00. The number of benzene rings is 2. The zero-order chi connectivity index (χ0) is 15.4. The molecule has 0 atom stereocenters. The predicted octanol–water partition coefficient (Wildman–Crippen LogP) is 4.14. The van der Waals surface area contributed by atoms with Crippen molar-refractivity contribution in [2.24, 2.45) is 4.99 Å². The Morgan fingerprint density at radius 2 is 1.82 bits per heavy atom. The molecule has 0 saturated carbocycles. The Kier molecular flexibility index (Phi) is 4.39. The van der Waals surface area contributed by atoms with Gasteiger partial charge in [0.05, 0.1) is 10.6 Å². The summed E-state index contributed by atoms with van der Waals surface area (Å²) in [7, 11) is 0. The van der Waals surface area contributed by atoms with Gasteiger partial charge in [-0.1, -0.05) is 49.4 Å². The van der Waals surface area contributed by atoms with Gasteiger partial charge in [-0.3, -0.25) is 4.79 Å². The normalized spacial score (nSPS) is 18.0. The van der Waals surface area contributed by atoms with Crippen LogP contribution >= 0.6 is 11.8 Å². The highest BCUT2D eigenvalue weighted by atomic mass is 32.2. The van der Waals surface area contributed by atoms with E-state index in [1.54, 1.807) is 0 Å². The fourth-order valence-corrected chi connectivity index (χ4v) is 2.94. The van der Waals surface area contributed by atoms with E-state index < -0.39 is 0 Å². The van der Waals surface area contributed by atoms with E-state index in [9.17, 15) is 4.79 Å². The first kappa shape index (κ1) is 14.6. The number of hydrogen-bond acceptors (Lipinski definition) is 3. The minimum Gasteiger partial charge on any atom is -0.300 e. The second-order valence-corrected chi connectivity index (χ2v) is 5.94. The Labute approximate surface area is 134 Å². The first-order valence-electron chi connectivity index (χ1n) is 7.18. The largest absolute Gasteiger partial charge is 0.300 e. The van der Waals surface area contributed by atoms with Crippen molar-refractivity contribution in [1.29, 1.82) is 0 Å². The summed E-state index contributed by atoms with van der Waals surface area (Å²) in [6, 6.07) is 17.8. The van der Waals surface area contributed by atoms with Crippen LogP contribution in [0.5, 0.6) is 0 Å². The van der Waals surface area contributed by atoms with Crippen molar-refractivity contribution in [3.05, 3.63) is 70.6 Å². The van der Waals surface area contributed by atoms with Crippen LogP contribution in [0.15, 0.2) is 64.5 Å². The third kappa shape index (κ3) is 3.46. The molecule has 1 amide bonds. The molecule has 110 valence electrons. The molecule has 2 aromatic carbocycles. The van der Waals surface area contributed by atoms with Crippen LogP contribution in [0.4, 0.5) is 5.69 Å². The van der Waals surface area contributed by atoms with E-state index in [0.717, 1.165) is 17.7 Å². The van der Waals surface area contributed by atoms with Gasteiger partial charge in [0.2, 0.25) is 0 Å². The molecule has 0 aromatic heterocycles. The Morgan fingerprint density at radius 3 is 2.50 bits per heavy atom. The number of amidine groups is 1. The van der Waals surface area contributed by atoms with E-state index in [1.807, 2.05) is 48.5 Å². The van der Waals surface area contributed by atoms with Gasteiger partial charge in [0, 0.05) is 0 Å². The molecule has 3 rings (SSSR count). The van der Waals surface area contributed by atoms with Crippen LogP contribution in [-0.2, 0) is 11.2 Å². The van der Waals surface area contributed by atoms with Crippen molar-refractivity contribution in [3.8, 4) is 0 Å². The Bertz CT molecular complexity index is 733. The van der Waals surface area contributed by atoms with E-state index >= 15 is 0 Å². The summed E-state index contributed by atoms with van der Waals surface area (Å²) in [5.74, 6) is -0.0979. The van der Waals surface area contributed by atoms with Crippen LogP contribution in [0.2, 0.25) is 0 Å². The lowest BCUT2D eigenvalue weighted by molar-refractivity contribution is -0.115. The highest BCUT2D eigenvalue weighted by Crippen LogP contribution is 2.27. The zero-order valence-electron chi connectivity index (χ0n) is 12.2. The molecule has 3 nitrogen and oxygen atoms in total. The lowest BCUT2D eigenvalue weighted by Gasteiger charge is -1.98. The molecule has 4 heteroatoms. The number of para-hydroxylation sites is 1. The zero-order valence-corrected chi connectivity index (χ0v) is 13.1. The molecule has 0 spiro atoms. The van der Waals surface area contributed by atoms with Gasteiger partial charge in [0.1, 0.15) is 0 Å². The number of aryl methyl sites for hydroxylation is 1. The predicted molar refractivity (Wildman–Crippen MR) is 93.1 cm³/mol. The number of thioether (sulfide) groups is 1.